The summed E-state index contributed by atoms with van der Waals surface area (Å²) in [7, 11) is 0. The largest absolute Gasteiger partial charge is 0.355 e. The summed E-state index contributed by atoms with van der Waals surface area (Å²) in [6, 6.07) is 30.7. The zero-order chi connectivity index (χ0) is 30.6. The predicted octanol–water partition coefficient (Wildman–Crippen LogP) is 6.64. The molecule has 2 heterocycles. The van der Waals surface area contributed by atoms with Crippen LogP contribution in [0.5, 0.6) is 0 Å². The van der Waals surface area contributed by atoms with Gasteiger partial charge in [0.05, 0.1) is 29.9 Å². The molecule has 1 aromatic heterocycles. The van der Waals surface area contributed by atoms with E-state index in [4.69, 9.17) is 27.1 Å². The van der Waals surface area contributed by atoms with Crippen molar-refractivity contribution in [3.8, 4) is 0 Å². The van der Waals surface area contributed by atoms with E-state index >= 15 is 0 Å². The molecule has 0 fully saturated rings. The number of fused-ring (bicyclic) bond motifs is 2. The first kappa shape index (κ1) is 32.1. The molecule has 1 aliphatic heterocycles. The molecule has 0 bridgehead atoms. The molecular formula is C35H31Cl2FN4O3. The second-order valence-electron chi connectivity index (χ2n) is 10.6. The number of para-hydroxylation sites is 1. The molecule has 0 radical (unpaired) electrons. The fourth-order valence-corrected chi connectivity index (χ4v) is 5.62. The average molecular weight is 646 g/mol. The summed E-state index contributed by atoms with van der Waals surface area (Å²) >= 11 is 6.50. The van der Waals surface area contributed by atoms with Crippen molar-refractivity contribution in [2.45, 2.75) is 38.3 Å². The van der Waals surface area contributed by atoms with Crippen molar-refractivity contribution in [1.82, 2.24) is 10.3 Å². The Balaban J connectivity index is 0.00000400. The van der Waals surface area contributed by atoms with Crippen LogP contribution in [0.4, 0.5) is 10.1 Å². The van der Waals surface area contributed by atoms with Gasteiger partial charge in [-0.2, -0.15) is 0 Å². The molecule has 7 nitrogen and oxygen atoms in total. The zero-order valence-corrected chi connectivity index (χ0v) is 25.7. The van der Waals surface area contributed by atoms with Crippen LogP contribution < -0.4 is 16.0 Å². The van der Waals surface area contributed by atoms with Crippen LogP contribution in [0.2, 0.25) is 5.02 Å². The van der Waals surface area contributed by atoms with Crippen molar-refractivity contribution in [1.29, 1.82) is 0 Å². The highest BCUT2D eigenvalue weighted by molar-refractivity contribution is 6.30. The maximum atomic E-state index is 14.3. The van der Waals surface area contributed by atoms with Crippen LogP contribution in [-0.4, -0.2) is 22.9 Å². The van der Waals surface area contributed by atoms with Gasteiger partial charge in [0.25, 0.3) is 5.91 Å². The third-order valence-electron chi connectivity index (χ3n) is 7.67. The van der Waals surface area contributed by atoms with E-state index in [2.05, 4.69) is 5.32 Å². The van der Waals surface area contributed by atoms with Crippen LogP contribution >= 0.6 is 24.0 Å². The van der Waals surface area contributed by atoms with Crippen molar-refractivity contribution in [3.05, 3.63) is 142 Å². The number of benzene rings is 4. The fourth-order valence-electron chi connectivity index (χ4n) is 5.44. The van der Waals surface area contributed by atoms with Gasteiger partial charge in [-0.25, -0.2) is 4.39 Å². The Kier molecular flexibility index (Phi) is 10.1. The number of carbonyl (C=O) groups excluding carboxylic acids is 2. The molecule has 0 spiro atoms. The number of hydrogen-bond donors (Lipinski definition) is 2. The van der Waals surface area contributed by atoms with Gasteiger partial charge < -0.3 is 20.7 Å². The van der Waals surface area contributed by atoms with Crippen molar-refractivity contribution < 1.29 is 18.7 Å². The summed E-state index contributed by atoms with van der Waals surface area (Å²) in [5, 5.41) is 4.20. The molecule has 2 amide bonds. The van der Waals surface area contributed by atoms with Gasteiger partial charge >= 0.3 is 0 Å². The van der Waals surface area contributed by atoms with Crippen LogP contribution in [0.15, 0.2) is 103 Å². The van der Waals surface area contributed by atoms with Gasteiger partial charge in [-0.05, 0) is 47.5 Å². The number of aromatic nitrogens is 1. The van der Waals surface area contributed by atoms with Gasteiger partial charge in [-0.15, -0.1) is 12.4 Å². The first-order valence-electron chi connectivity index (χ1n) is 14.3. The molecule has 4 aromatic carbocycles. The summed E-state index contributed by atoms with van der Waals surface area (Å²) < 4.78 is 20.7. The number of hydrogen-bond acceptors (Lipinski definition) is 5. The van der Waals surface area contributed by atoms with E-state index in [9.17, 15) is 14.0 Å². The number of amides is 2. The Morgan fingerprint density at radius 3 is 2.60 bits per heavy atom. The number of ether oxygens (including phenoxy) is 1. The van der Waals surface area contributed by atoms with E-state index in [1.807, 2.05) is 60.7 Å². The second-order valence-corrected chi connectivity index (χ2v) is 11.1. The topological polar surface area (TPSA) is 97.5 Å². The third kappa shape index (κ3) is 7.16. The van der Waals surface area contributed by atoms with Crippen LogP contribution in [0.25, 0.3) is 10.9 Å². The highest BCUT2D eigenvalue weighted by atomic mass is 35.5. The quantitative estimate of drug-likeness (QED) is 0.197. The first-order valence-corrected chi connectivity index (χ1v) is 14.7. The molecular weight excluding hydrogens is 614 g/mol. The lowest BCUT2D eigenvalue weighted by atomic mass is 9.97. The fraction of sp³-hybridized carbons (Fsp3) is 0.171. The molecule has 230 valence electrons. The van der Waals surface area contributed by atoms with E-state index in [0.717, 1.165) is 22.0 Å². The number of anilines is 1. The van der Waals surface area contributed by atoms with E-state index < -0.39 is 29.8 Å². The maximum Gasteiger partial charge on any atom is 0.257 e. The number of pyridine rings is 1. The molecule has 45 heavy (non-hydrogen) atoms. The number of carbonyl (C=O) groups is 2. The molecule has 0 saturated heterocycles. The molecule has 0 aliphatic carbocycles. The van der Waals surface area contributed by atoms with Gasteiger partial charge in [0, 0.05) is 34.6 Å². The van der Waals surface area contributed by atoms with Crippen molar-refractivity contribution >= 4 is 52.4 Å². The normalized spacial score (nSPS) is 16.1. The second kappa shape index (κ2) is 14.2. The number of nitrogens with two attached hydrogens (primary N) is 1. The molecule has 0 saturated carbocycles. The summed E-state index contributed by atoms with van der Waals surface area (Å²) in [4.78, 5) is 33.9. The average Bonchev–Trinajstić information content (AvgIpc) is 3.14. The highest BCUT2D eigenvalue weighted by Crippen LogP contribution is 2.40. The van der Waals surface area contributed by atoms with Gasteiger partial charge in [-0.1, -0.05) is 78.3 Å². The van der Waals surface area contributed by atoms with Crippen molar-refractivity contribution in [2.24, 2.45) is 5.73 Å². The lowest BCUT2D eigenvalue weighted by Crippen LogP contribution is -2.42. The third-order valence-corrected chi connectivity index (χ3v) is 7.91. The number of nitrogens with one attached hydrogen (secondary N) is 1. The molecule has 6 rings (SSSR count). The molecule has 10 heteroatoms. The molecule has 2 atom stereocenters. The molecule has 5 aromatic rings. The summed E-state index contributed by atoms with van der Waals surface area (Å²) in [6.07, 6.45) is -2.16. The Morgan fingerprint density at radius 1 is 0.978 bits per heavy atom. The minimum Gasteiger partial charge on any atom is -0.355 e. The predicted molar refractivity (Wildman–Crippen MR) is 176 cm³/mol. The maximum absolute atomic E-state index is 14.3. The smallest absolute Gasteiger partial charge is 0.257 e. The lowest BCUT2D eigenvalue weighted by Gasteiger charge is -2.25. The standard InChI is InChI=1S/C35H30ClFN4O3.ClH/c36-26-13-15-31-28(17-26)34(24-9-5-6-22(16-24)19-38)44-32(18-33(42)39-20-25-8-1-3-10-29(25)37)35(43)41(31)21-27-14-12-23-7-2-4-11-30(23)40-27;/h1-17,32,34H,18-21,38H2,(H,39,42);1H. The monoisotopic (exact) mass is 644 g/mol. The van der Waals surface area contributed by atoms with Crippen LogP contribution in [0, 0.1) is 5.82 Å². The highest BCUT2D eigenvalue weighted by Gasteiger charge is 2.38. The zero-order valence-electron chi connectivity index (χ0n) is 24.2. The lowest BCUT2D eigenvalue weighted by molar-refractivity contribution is -0.138. The van der Waals surface area contributed by atoms with E-state index in [0.29, 0.717) is 34.1 Å². The van der Waals surface area contributed by atoms with E-state index in [-0.39, 0.29) is 31.9 Å². The van der Waals surface area contributed by atoms with Crippen molar-refractivity contribution in [3.63, 3.8) is 0 Å². The summed E-state index contributed by atoms with van der Waals surface area (Å²) in [5.74, 6) is -1.27. The van der Waals surface area contributed by atoms with Crippen LogP contribution in [-0.2, 0) is 34.0 Å². The van der Waals surface area contributed by atoms with Crippen molar-refractivity contribution in [2.75, 3.05) is 4.90 Å². The van der Waals surface area contributed by atoms with Gasteiger partial charge in [0.1, 0.15) is 18.0 Å². The Labute approximate surface area is 271 Å². The number of nitrogens with zero attached hydrogens (tertiary/aromatic N) is 2. The van der Waals surface area contributed by atoms with Gasteiger partial charge in [0.15, 0.2) is 0 Å². The molecule has 3 N–H and O–H groups in total. The Bertz CT molecular complexity index is 1850. The number of rotatable bonds is 8. The molecule has 2 unspecified atom stereocenters. The first-order chi connectivity index (χ1) is 21.4. The van der Waals surface area contributed by atoms with E-state index in [1.165, 1.54) is 6.07 Å². The summed E-state index contributed by atoms with van der Waals surface area (Å²) in [6.45, 7) is 0.447. The molecule has 1 aliphatic rings. The summed E-state index contributed by atoms with van der Waals surface area (Å²) in [5.41, 5.74) is 10.7. The van der Waals surface area contributed by atoms with Gasteiger partial charge in [-0.3, -0.25) is 14.6 Å². The van der Waals surface area contributed by atoms with Gasteiger partial charge in [0.2, 0.25) is 5.91 Å². The SMILES string of the molecule is Cl.NCc1cccc(C2OC(CC(=O)NCc3ccccc3F)C(=O)N(Cc3ccc4ccccc4n3)c3ccc(Cl)cc32)c1. The number of halogens is 3. The Morgan fingerprint density at radius 2 is 1.78 bits per heavy atom. The minimum atomic E-state index is -1.16. The van der Waals surface area contributed by atoms with Crippen LogP contribution in [0.3, 0.4) is 0 Å². The van der Waals surface area contributed by atoms with E-state index in [1.54, 1.807) is 41.3 Å². The Hall–Kier alpha value is -4.34. The minimum absolute atomic E-state index is 0. The van der Waals surface area contributed by atoms with Crippen LogP contribution in [0.1, 0.15) is 40.5 Å².